The Morgan fingerprint density at radius 3 is 2.56 bits per heavy atom. The summed E-state index contributed by atoms with van der Waals surface area (Å²) in [4.78, 5) is 11.9. The Morgan fingerprint density at radius 2 is 1.88 bits per heavy atom. The van der Waals surface area contributed by atoms with E-state index in [4.69, 9.17) is 4.74 Å². The molecule has 0 amide bonds. The highest BCUT2D eigenvalue weighted by molar-refractivity contribution is 7.89. The van der Waals surface area contributed by atoms with E-state index in [1.165, 1.54) is 56.6 Å². The summed E-state index contributed by atoms with van der Waals surface area (Å²) in [7, 11) is -0.658. The minimum atomic E-state index is -3.54. The molecule has 2 rings (SSSR count). The zero-order valence-corrected chi connectivity index (χ0v) is 14.7. The summed E-state index contributed by atoms with van der Waals surface area (Å²) in [6, 6.07) is 12.0. The third-order valence-corrected chi connectivity index (χ3v) is 5.13. The lowest BCUT2D eigenvalue weighted by atomic mass is 10.2. The standard InChI is InChI=1S/C18H18FNO4S/c1-20(2)25(22,23)17-8-4-6-15(12-17)13-24-18(21)10-9-14-5-3-7-16(19)11-14/h3-12H,13H2,1-2H3. The van der Waals surface area contributed by atoms with Gasteiger partial charge in [-0.1, -0.05) is 24.3 Å². The highest BCUT2D eigenvalue weighted by atomic mass is 32.2. The average molecular weight is 363 g/mol. The molecular weight excluding hydrogens is 345 g/mol. The molecule has 0 saturated carbocycles. The summed E-state index contributed by atoms with van der Waals surface area (Å²) in [5, 5.41) is 0. The molecule has 25 heavy (non-hydrogen) atoms. The second-order valence-corrected chi connectivity index (χ2v) is 7.58. The quantitative estimate of drug-likeness (QED) is 0.585. The van der Waals surface area contributed by atoms with Gasteiger partial charge in [0, 0.05) is 20.2 Å². The molecular formula is C18H18FNO4S. The third-order valence-electron chi connectivity index (χ3n) is 3.32. The van der Waals surface area contributed by atoms with Crippen molar-refractivity contribution in [3.05, 3.63) is 71.6 Å². The Hall–Kier alpha value is -2.51. The first-order valence-electron chi connectivity index (χ1n) is 7.41. The van der Waals surface area contributed by atoms with Crippen LogP contribution in [0.2, 0.25) is 0 Å². The lowest BCUT2D eigenvalue weighted by Crippen LogP contribution is -2.22. The van der Waals surface area contributed by atoms with Crippen molar-refractivity contribution >= 4 is 22.1 Å². The minimum absolute atomic E-state index is 0.0664. The Morgan fingerprint density at radius 1 is 1.16 bits per heavy atom. The van der Waals surface area contributed by atoms with Gasteiger partial charge < -0.3 is 4.74 Å². The number of nitrogens with zero attached hydrogens (tertiary/aromatic N) is 1. The van der Waals surface area contributed by atoms with Gasteiger partial charge in [0.1, 0.15) is 12.4 Å². The van der Waals surface area contributed by atoms with Crippen LogP contribution in [0.4, 0.5) is 4.39 Å². The third kappa shape index (κ3) is 5.23. The monoisotopic (exact) mass is 363 g/mol. The molecule has 2 aromatic carbocycles. The fourth-order valence-corrected chi connectivity index (χ4v) is 2.96. The Bertz CT molecular complexity index is 891. The predicted octanol–water partition coefficient (Wildman–Crippen LogP) is 2.83. The van der Waals surface area contributed by atoms with Crippen LogP contribution in [0.3, 0.4) is 0 Å². The molecule has 7 heteroatoms. The van der Waals surface area contributed by atoms with E-state index >= 15 is 0 Å². The number of carbonyl (C=O) groups is 1. The summed E-state index contributed by atoms with van der Waals surface area (Å²) >= 11 is 0. The van der Waals surface area contributed by atoms with Crippen LogP contribution in [0.25, 0.3) is 6.08 Å². The molecule has 0 N–H and O–H groups in total. The van der Waals surface area contributed by atoms with Gasteiger partial charge in [0.25, 0.3) is 0 Å². The van der Waals surface area contributed by atoms with Gasteiger partial charge in [-0.3, -0.25) is 0 Å². The van der Waals surface area contributed by atoms with Crippen molar-refractivity contribution in [3.8, 4) is 0 Å². The molecule has 132 valence electrons. The van der Waals surface area contributed by atoms with Gasteiger partial charge in [0.15, 0.2) is 0 Å². The Balaban J connectivity index is 2.00. The molecule has 0 bridgehead atoms. The van der Waals surface area contributed by atoms with Gasteiger partial charge in [-0.05, 0) is 41.5 Å². The molecule has 0 atom stereocenters. The normalized spacial score (nSPS) is 11.8. The van der Waals surface area contributed by atoms with E-state index in [1.54, 1.807) is 18.2 Å². The lowest BCUT2D eigenvalue weighted by molar-refractivity contribution is -0.138. The van der Waals surface area contributed by atoms with Crippen molar-refractivity contribution in [2.75, 3.05) is 14.1 Å². The van der Waals surface area contributed by atoms with Crippen LogP contribution >= 0.6 is 0 Å². The smallest absolute Gasteiger partial charge is 0.331 e. The van der Waals surface area contributed by atoms with E-state index in [-0.39, 0.29) is 11.5 Å². The zero-order chi connectivity index (χ0) is 18.4. The van der Waals surface area contributed by atoms with Crippen molar-refractivity contribution in [2.24, 2.45) is 0 Å². The van der Waals surface area contributed by atoms with E-state index in [1.807, 2.05) is 0 Å². The van der Waals surface area contributed by atoms with Gasteiger partial charge in [0.05, 0.1) is 4.90 Å². The summed E-state index contributed by atoms with van der Waals surface area (Å²) in [6.07, 6.45) is 2.63. The topological polar surface area (TPSA) is 63.7 Å². The summed E-state index contributed by atoms with van der Waals surface area (Å²) in [6.45, 7) is -0.0664. The van der Waals surface area contributed by atoms with E-state index < -0.39 is 21.8 Å². The number of hydrogen-bond acceptors (Lipinski definition) is 4. The maximum Gasteiger partial charge on any atom is 0.331 e. The van der Waals surface area contributed by atoms with Crippen LogP contribution in [0.1, 0.15) is 11.1 Å². The SMILES string of the molecule is CN(C)S(=O)(=O)c1cccc(COC(=O)C=Cc2cccc(F)c2)c1. The van der Waals surface area contributed by atoms with Gasteiger partial charge in [0.2, 0.25) is 10.0 Å². The maximum atomic E-state index is 13.0. The van der Waals surface area contributed by atoms with Crippen LogP contribution in [-0.4, -0.2) is 32.8 Å². The van der Waals surface area contributed by atoms with Gasteiger partial charge in [-0.15, -0.1) is 0 Å². The fraction of sp³-hybridized carbons (Fsp3) is 0.167. The van der Waals surface area contributed by atoms with Crippen molar-refractivity contribution < 1.29 is 22.3 Å². The van der Waals surface area contributed by atoms with Crippen LogP contribution in [-0.2, 0) is 26.2 Å². The van der Waals surface area contributed by atoms with Crippen molar-refractivity contribution in [1.29, 1.82) is 0 Å². The first kappa shape index (κ1) is 18.8. The number of esters is 1. The second kappa shape index (κ2) is 8.04. The van der Waals surface area contributed by atoms with E-state index in [0.29, 0.717) is 11.1 Å². The highest BCUT2D eigenvalue weighted by Crippen LogP contribution is 2.15. The number of rotatable bonds is 6. The van der Waals surface area contributed by atoms with Gasteiger partial charge in [-0.2, -0.15) is 0 Å². The molecule has 5 nitrogen and oxygen atoms in total. The molecule has 2 aromatic rings. The van der Waals surface area contributed by atoms with Crippen LogP contribution in [0.15, 0.2) is 59.5 Å². The number of benzene rings is 2. The molecule has 0 heterocycles. The second-order valence-electron chi connectivity index (χ2n) is 5.43. The van der Waals surface area contributed by atoms with E-state index in [2.05, 4.69) is 0 Å². The molecule has 0 aliphatic rings. The Labute approximate surface area is 146 Å². The lowest BCUT2D eigenvalue weighted by Gasteiger charge is -2.12. The molecule has 0 aliphatic heterocycles. The molecule has 0 spiro atoms. The first-order valence-corrected chi connectivity index (χ1v) is 8.85. The molecule has 0 radical (unpaired) electrons. The van der Waals surface area contributed by atoms with E-state index in [9.17, 15) is 17.6 Å². The van der Waals surface area contributed by atoms with Gasteiger partial charge >= 0.3 is 5.97 Å². The summed E-state index contributed by atoms with van der Waals surface area (Å²) < 4.78 is 43.4. The number of hydrogen-bond donors (Lipinski definition) is 0. The molecule has 0 fully saturated rings. The van der Waals surface area contributed by atoms with Crippen LogP contribution in [0.5, 0.6) is 0 Å². The van der Waals surface area contributed by atoms with Crippen molar-refractivity contribution in [2.45, 2.75) is 11.5 Å². The molecule has 0 aliphatic carbocycles. The van der Waals surface area contributed by atoms with Gasteiger partial charge in [-0.25, -0.2) is 21.9 Å². The van der Waals surface area contributed by atoms with E-state index in [0.717, 1.165) is 4.31 Å². The zero-order valence-electron chi connectivity index (χ0n) is 13.8. The largest absolute Gasteiger partial charge is 0.458 e. The van der Waals surface area contributed by atoms with Crippen LogP contribution < -0.4 is 0 Å². The number of ether oxygens (including phenoxy) is 1. The van der Waals surface area contributed by atoms with Crippen LogP contribution in [0, 0.1) is 5.82 Å². The number of carbonyl (C=O) groups excluding carboxylic acids is 1. The number of halogens is 1. The Kier molecular flexibility index (Phi) is 6.06. The molecule has 0 aromatic heterocycles. The number of sulfonamides is 1. The fourth-order valence-electron chi connectivity index (χ4n) is 1.98. The predicted molar refractivity (Wildman–Crippen MR) is 92.5 cm³/mol. The highest BCUT2D eigenvalue weighted by Gasteiger charge is 2.17. The molecule has 0 unspecified atom stereocenters. The minimum Gasteiger partial charge on any atom is -0.458 e. The van der Waals surface area contributed by atoms with Crippen molar-refractivity contribution in [1.82, 2.24) is 4.31 Å². The average Bonchev–Trinajstić information content (AvgIpc) is 2.58. The first-order chi connectivity index (χ1) is 11.8. The molecule has 0 saturated heterocycles. The maximum absolute atomic E-state index is 13.0. The summed E-state index contributed by atoms with van der Waals surface area (Å²) in [5.41, 5.74) is 1.09. The summed E-state index contributed by atoms with van der Waals surface area (Å²) in [5.74, 6) is -1.00. The van der Waals surface area contributed by atoms with Crippen molar-refractivity contribution in [3.63, 3.8) is 0 Å².